The predicted molar refractivity (Wildman–Crippen MR) is 168 cm³/mol. The van der Waals surface area contributed by atoms with Crippen LogP contribution in [0.2, 0.25) is 0 Å². The number of aromatic nitrogens is 1. The maximum atomic E-state index is 13.6. The second kappa shape index (κ2) is 14.9. The van der Waals surface area contributed by atoms with E-state index in [1.165, 1.54) is 12.1 Å². The Morgan fingerprint density at radius 1 is 0.976 bits per heavy atom. The van der Waals surface area contributed by atoms with Crippen LogP contribution in [0.25, 0.3) is 10.9 Å². The monoisotopic (exact) mass is 573 g/mol. The van der Waals surface area contributed by atoms with Gasteiger partial charge in [-0.3, -0.25) is 4.79 Å². The molecule has 0 radical (unpaired) electrons. The van der Waals surface area contributed by atoms with E-state index in [-0.39, 0.29) is 23.7 Å². The summed E-state index contributed by atoms with van der Waals surface area (Å²) in [7, 11) is 3.24. The van der Waals surface area contributed by atoms with Crippen molar-refractivity contribution in [2.45, 2.75) is 58.5 Å². The Hall–Kier alpha value is -3.84. The molecule has 0 aliphatic rings. The Morgan fingerprint density at radius 3 is 2.38 bits per heavy atom. The minimum Gasteiger partial charge on any atom is -0.493 e. The van der Waals surface area contributed by atoms with Crippen molar-refractivity contribution in [3.8, 4) is 11.5 Å². The summed E-state index contributed by atoms with van der Waals surface area (Å²) >= 11 is 0. The van der Waals surface area contributed by atoms with Crippen molar-refractivity contribution < 1.29 is 18.7 Å². The predicted octanol–water partition coefficient (Wildman–Crippen LogP) is 6.99. The lowest BCUT2D eigenvalue weighted by Crippen LogP contribution is -2.34. The molecule has 0 aliphatic carbocycles. The molecule has 224 valence electrons. The van der Waals surface area contributed by atoms with E-state index in [2.05, 4.69) is 53.9 Å². The lowest BCUT2D eigenvalue weighted by molar-refractivity contribution is -0.121. The zero-order valence-electron chi connectivity index (χ0n) is 25.5. The number of rotatable bonds is 15. The highest BCUT2D eigenvalue weighted by atomic mass is 19.1. The van der Waals surface area contributed by atoms with Crippen molar-refractivity contribution in [2.24, 2.45) is 0 Å². The molecule has 0 bridgehead atoms. The zero-order chi connectivity index (χ0) is 30.1. The van der Waals surface area contributed by atoms with Crippen LogP contribution in [0.1, 0.15) is 62.6 Å². The van der Waals surface area contributed by atoms with Gasteiger partial charge in [0.1, 0.15) is 5.82 Å². The summed E-state index contributed by atoms with van der Waals surface area (Å²) in [6.45, 7) is 10.2. The number of fused-ring (bicyclic) bond motifs is 1. The summed E-state index contributed by atoms with van der Waals surface area (Å²) in [6, 6.07) is 20.8. The number of nitrogens with one attached hydrogen (secondary N) is 1. The van der Waals surface area contributed by atoms with E-state index in [0.29, 0.717) is 24.5 Å². The summed E-state index contributed by atoms with van der Waals surface area (Å²) in [5, 5.41) is 4.34. The molecule has 0 saturated heterocycles. The Morgan fingerprint density at radius 2 is 1.69 bits per heavy atom. The molecular formula is C35H44FN3O3. The van der Waals surface area contributed by atoms with Crippen LogP contribution < -0.4 is 14.8 Å². The van der Waals surface area contributed by atoms with E-state index in [9.17, 15) is 9.18 Å². The van der Waals surface area contributed by atoms with Gasteiger partial charge in [-0.15, -0.1) is 0 Å². The number of hydrogen-bond donors (Lipinski definition) is 1. The third kappa shape index (κ3) is 7.71. The van der Waals surface area contributed by atoms with Crippen molar-refractivity contribution >= 4 is 16.8 Å². The fraction of sp³-hybridized carbons (Fsp3) is 0.400. The molecule has 0 saturated carbocycles. The van der Waals surface area contributed by atoms with E-state index in [4.69, 9.17) is 9.47 Å². The van der Waals surface area contributed by atoms with Gasteiger partial charge in [-0.25, -0.2) is 4.39 Å². The van der Waals surface area contributed by atoms with E-state index in [1.54, 1.807) is 14.2 Å². The molecule has 1 amide bonds. The van der Waals surface area contributed by atoms with Gasteiger partial charge in [-0.05, 0) is 86.4 Å². The molecule has 2 atom stereocenters. The topological polar surface area (TPSA) is 55.7 Å². The number of carbonyl (C=O) groups excluding carboxylic acids is 1. The van der Waals surface area contributed by atoms with Gasteiger partial charge in [0.15, 0.2) is 11.5 Å². The number of benzene rings is 3. The average molecular weight is 574 g/mol. The minimum absolute atomic E-state index is 0.0143. The fourth-order valence-corrected chi connectivity index (χ4v) is 5.70. The first-order chi connectivity index (χ1) is 20.4. The van der Waals surface area contributed by atoms with Crippen molar-refractivity contribution in [3.05, 3.63) is 95.4 Å². The van der Waals surface area contributed by atoms with Crippen molar-refractivity contribution in [2.75, 3.05) is 33.9 Å². The van der Waals surface area contributed by atoms with E-state index in [1.807, 2.05) is 42.5 Å². The van der Waals surface area contributed by atoms with Gasteiger partial charge in [0.05, 0.1) is 14.2 Å². The van der Waals surface area contributed by atoms with Crippen LogP contribution in [0.4, 0.5) is 4.39 Å². The number of methoxy groups -OCH3 is 2. The molecule has 0 spiro atoms. The van der Waals surface area contributed by atoms with Gasteiger partial charge in [0.25, 0.3) is 0 Å². The highest BCUT2D eigenvalue weighted by molar-refractivity contribution is 5.87. The Bertz CT molecular complexity index is 1450. The molecule has 0 unspecified atom stereocenters. The SMILES string of the molecule is CCN(CC)CCC[C@@H](C)NC(=O)C[C@@H](c1ccc(OC)c(OC)c1)c1cn(Cc2ccc(F)cc2)c2ccccc12. The molecule has 1 aromatic heterocycles. The number of hydrogen-bond acceptors (Lipinski definition) is 4. The summed E-state index contributed by atoms with van der Waals surface area (Å²) in [6.07, 6.45) is 4.40. The van der Waals surface area contributed by atoms with Crippen LogP contribution >= 0.6 is 0 Å². The lowest BCUT2D eigenvalue weighted by Gasteiger charge is -2.22. The number of halogens is 1. The quantitative estimate of drug-likeness (QED) is 0.167. The maximum Gasteiger partial charge on any atom is 0.221 e. The molecule has 3 aromatic carbocycles. The Balaban J connectivity index is 1.65. The minimum atomic E-state index is -0.251. The van der Waals surface area contributed by atoms with E-state index >= 15 is 0 Å². The third-order valence-corrected chi connectivity index (χ3v) is 8.07. The van der Waals surface area contributed by atoms with Gasteiger partial charge in [0, 0.05) is 42.0 Å². The molecule has 0 aliphatic heterocycles. The zero-order valence-corrected chi connectivity index (χ0v) is 25.5. The normalized spacial score (nSPS) is 12.8. The van der Waals surface area contributed by atoms with Gasteiger partial charge < -0.3 is 24.3 Å². The summed E-state index contributed by atoms with van der Waals surface area (Å²) in [5.74, 6) is 0.816. The second-order valence-electron chi connectivity index (χ2n) is 10.9. The Labute approximate surface area is 249 Å². The molecule has 42 heavy (non-hydrogen) atoms. The molecule has 1 N–H and O–H groups in total. The number of carbonyl (C=O) groups is 1. The van der Waals surface area contributed by atoms with Gasteiger partial charge >= 0.3 is 0 Å². The van der Waals surface area contributed by atoms with Crippen LogP contribution in [-0.2, 0) is 11.3 Å². The Kier molecular flexibility index (Phi) is 11.0. The van der Waals surface area contributed by atoms with Crippen LogP contribution in [0.5, 0.6) is 11.5 Å². The number of ether oxygens (including phenoxy) is 2. The molecule has 6 nitrogen and oxygen atoms in total. The van der Waals surface area contributed by atoms with Crippen LogP contribution in [0.15, 0.2) is 72.9 Å². The molecule has 1 heterocycles. The molecule has 7 heteroatoms. The van der Waals surface area contributed by atoms with Crippen LogP contribution in [-0.4, -0.2) is 55.3 Å². The first-order valence-electron chi connectivity index (χ1n) is 14.9. The molecule has 4 aromatic rings. The fourth-order valence-electron chi connectivity index (χ4n) is 5.70. The molecule has 0 fully saturated rings. The standard InChI is InChI=1S/C35H44FN3O3/c1-6-38(7-2)20-10-11-25(3)37-35(40)22-30(27-16-19-33(41-4)34(21-27)42-5)31-24-39(32-13-9-8-12-29(31)32)23-26-14-17-28(36)18-15-26/h8-9,12-19,21,24-25,30H,6-7,10-11,20,22-23H2,1-5H3,(H,37,40)/t25-,30+/m1/s1. The average Bonchev–Trinajstić information content (AvgIpc) is 3.36. The lowest BCUT2D eigenvalue weighted by atomic mass is 9.87. The van der Waals surface area contributed by atoms with E-state index in [0.717, 1.165) is 60.1 Å². The van der Waals surface area contributed by atoms with Gasteiger partial charge in [-0.1, -0.05) is 50.2 Å². The summed E-state index contributed by atoms with van der Waals surface area (Å²) in [4.78, 5) is 15.9. The first-order valence-corrected chi connectivity index (χ1v) is 14.9. The largest absolute Gasteiger partial charge is 0.493 e. The summed E-state index contributed by atoms with van der Waals surface area (Å²) < 4.78 is 26.9. The maximum absolute atomic E-state index is 13.6. The summed E-state index contributed by atoms with van der Waals surface area (Å²) in [5.41, 5.74) is 4.10. The molecule has 4 rings (SSSR count). The van der Waals surface area contributed by atoms with E-state index < -0.39 is 0 Å². The number of amides is 1. The number of para-hydroxylation sites is 1. The van der Waals surface area contributed by atoms with Gasteiger partial charge in [0.2, 0.25) is 5.91 Å². The first kappa shape index (κ1) is 31.1. The van der Waals surface area contributed by atoms with Crippen LogP contribution in [0, 0.1) is 5.82 Å². The third-order valence-electron chi connectivity index (χ3n) is 8.07. The number of nitrogens with zero attached hydrogens (tertiary/aromatic N) is 2. The van der Waals surface area contributed by atoms with Crippen molar-refractivity contribution in [3.63, 3.8) is 0 Å². The van der Waals surface area contributed by atoms with Crippen molar-refractivity contribution in [1.29, 1.82) is 0 Å². The smallest absolute Gasteiger partial charge is 0.221 e. The highest BCUT2D eigenvalue weighted by Gasteiger charge is 2.25. The molecular weight excluding hydrogens is 529 g/mol. The van der Waals surface area contributed by atoms with Crippen LogP contribution in [0.3, 0.4) is 0 Å². The highest BCUT2D eigenvalue weighted by Crippen LogP contribution is 2.38. The second-order valence-corrected chi connectivity index (χ2v) is 10.9. The van der Waals surface area contributed by atoms with Crippen molar-refractivity contribution in [1.82, 2.24) is 14.8 Å². The van der Waals surface area contributed by atoms with Gasteiger partial charge in [-0.2, -0.15) is 0 Å².